The number of aromatic carboxylic acids is 1. The van der Waals surface area contributed by atoms with Crippen LogP contribution in [0.5, 0.6) is 5.75 Å². The zero-order valence-corrected chi connectivity index (χ0v) is 16.0. The number of ether oxygens (including phenoxy) is 1. The third kappa shape index (κ3) is 5.07. The van der Waals surface area contributed by atoms with E-state index in [4.69, 9.17) is 9.84 Å². The van der Waals surface area contributed by atoms with Gasteiger partial charge in [-0.05, 0) is 58.2 Å². The first-order valence-corrected chi connectivity index (χ1v) is 8.63. The summed E-state index contributed by atoms with van der Waals surface area (Å²) in [7, 11) is 0. The monoisotopic (exact) mass is 455 g/mol. The summed E-state index contributed by atoms with van der Waals surface area (Å²) in [6, 6.07) is 10.1. The Morgan fingerprint density at radius 1 is 1.17 bits per heavy atom. The fourth-order valence-corrected chi connectivity index (χ4v) is 3.58. The van der Waals surface area contributed by atoms with Crippen LogP contribution in [0, 0.1) is 6.92 Å². The lowest BCUT2D eigenvalue weighted by Crippen LogP contribution is -2.28. The van der Waals surface area contributed by atoms with Gasteiger partial charge in [0.1, 0.15) is 5.75 Å². The van der Waals surface area contributed by atoms with Crippen LogP contribution in [0.15, 0.2) is 45.3 Å². The van der Waals surface area contributed by atoms with E-state index in [2.05, 4.69) is 37.2 Å². The highest BCUT2D eigenvalue weighted by atomic mass is 79.9. The molecule has 0 heterocycles. The largest absolute Gasteiger partial charge is 0.482 e. The first kappa shape index (κ1) is 18.5. The summed E-state index contributed by atoms with van der Waals surface area (Å²) in [6.45, 7) is 2.10. The Kier molecular flexibility index (Phi) is 6.39. The second kappa shape index (κ2) is 8.30. The van der Waals surface area contributed by atoms with Gasteiger partial charge in [0.2, 0.25) is 0 Å². The number of benzene rings is 2. The minimum atomic E-state index is -0.977. The van der Waals surface area contributed by atoms with Crippen LogP contribution in [0.2, 0.25) is 0 Å². The van der Waals surface area contributed by atoms with Crippen LogP contribution in [0.4, 0.5) is 0 Å². The molecule has 0 aliphatic rings. The molecule has 0 fully saturated rings. The molecular weight excluding hydrogens is 442 g/mol. The minimum Gasteiger partial charge on any atom is -0.482 e. The van der Waals surface area contributed by atoms with Gasteiger partial charge in [0.05, 0.1) is 10.0 Å². The smallest absolute Gasteiger partial charge is 0.335 e. The van der Waals surface area contributed by atoms with Crippen molar-refractivity contribution in [2.24, 2.45) is 0 Å². The Labute approximate surface area is 156 Å². The van der Waals surface area contributed by atoms with Gasteiger partial charge in [0.15, 0.2) is 6.61 Å². The number of halogens is 2. The first-order chi connectivity index (χ1) is 11.4. The summed E-state index contributed by atoms with van der Waals surface area (Å²) in [4.78, 5) is 22.7. The molecule has 0 aliphatic heterocycles. The highest BCUT2D eigenvalue weighted by molar-refractivity contribution is 9.11. The Morgan fingerprint density at radius 2 is 1.83 bits per heavy atom. The Bertz CT molecular complexity index is 737. The molecular formula is C17H15Br2NO4. The molecule has 0 spiro atoms. The van der Waals surface area contributed by atoms with Crippen LogP contribution in [0.1, 0.15) is 21.5 Å². The predicted molar refractivity (Wildman–Crippen MR) is 97.3 cm³/mol. The molecule has 0 saturated heterocycles. The number of rotatable bonds is 6. The maximum atomic E-state index is 11.9. The fraction of sp³-hybridized carbons (Fsp3) is 0.176. The summed E-state index contributed by atoms with van der Waals surface area (Å²) in [6.07, 6.45) is 0. The SMILES string of the molecule is Cc1cc(Br)cc(Br)c1OCC(=O)NCc1ccc(C(=O)O)cc1. The molecule has 0 atom stereocenters. The molecule has 5 nitrogen and oxygen atoms in total. The predicted octanol–water partition coefficient (Wildman–Crippen LogP) is 3.91. The summed E-state index contributed by atoms with van der Waals surface area (Å²) >= 11 is 6.80. The maximum absolute atomic E-state index is 11.9. The van der Waals surface area contributed by atoms with Crippen LogP contribution in [-0.2, 0) is 11.3 Å². The Hall–Kier alpha value is -1.86. The number of carbonyl (C=O) groups is 2. The highest BCUT2D eigenvalue weighted by Gasteiger charge is 2.10. The number of carboxylic acid groups (broad SMARTS) is 1. The van der Waals surface area contributed by atoms with Crippen molar-refractivity contribution in [1.29, 1.82) is 0 Å². The van der Waals surface area contributed by atoms with E-state index < -0.39 is 5.97 Å². The van der Waals surface area contributed by atoms with Crippen LogP contribution >= 0.6 is 31.9 Å². The maximum Gasteiger partial charge on any atom is 0.335 e. The topological polar surface area (TPSA) is 75.6 Å². The molecule has 0 radical (unpaired) electrons. The van der Waals surface area contributed by atoms with E-state index in [0.717, 1.165) is 20.1 Å². The van der Waals surface area contributed by atoms with Crippen LogP contribution in [-0.4, -0.2) is 23.6 Å². The second-order valence-corrected chi connectivity index (χ2v) is 6.87. The van der Waals surface area contributed by atoms with E-state index in [1.54, 1.807) is 12.1 Å². The van der Waals surface area contributed by atoms with Crippen LogP contribution in [0.25, 0.3) is 0 Å². The zero-order chi connectivity index (χ0) is 17.7. The number of nitrogens with one attached hydrogen (secondary N) is 1. The quantitative estimate of drug-likeness (QED) is 0.690. The van der Waals surface area contributed by atoms with Crippen molar-refractivity contribution in [1.82, 2.24) is 5.32 Å². The van der Waals surface area contributed by atoms with Gasteiger partial charge in [-0.15, -0.1) is 0 Å². The molecule has 0 aromatic heterocycles. The van der Waals surface area contributed by atoms with Gasteiger partial charge in [0.25, 0.3) is 5.91 Å². The summed E-state index contributed by atoms with van der Waals surface area (Å²) in [5, 5.41) is 11.6. The van der Waals surface area contributed by atoms with Crippen molar-refractivity contribution >= 4 is 43.7 Å². The van der Waals surface area contributed by atoms with Gasteiger partial charge in [-0.3, -0.25) is 4.79 Å². The van der Waals surface area contributed by atoms with Gasteiger partial charge in [0, 0.05) is 11.0 Å². The van der Waals surface area contributed by atoms with Gasteiger partial charge >= 0.3 is 5.97 Å². The number of hydrogen-bond acceptors (Lipinski definition) is 3. The molecule has 0 bridgehead atoms. The summed E-state index contributed by atoms with van der Waals surface area (Å²) < 4.78 is 7.26. The number of aryl methyl sites for hydroxylation is 1. The molecule has 0 unspecified atom stereocenters. The fourth-order valence-electron chi connectivity index (χ4n) is 2.03. The Balaban J connectivity index is 1.87. The van der Waals surface area contributed by atoms with Crippen molar-refractivity contribution in [3.63, 3.8) is 0 Å². The number of carbonyl (C=O) groups excluding carboxylic acids is 1. The molecule has 24 heavy (non-hydrogen) atoms. The average molecular weight is 457 g/mol. The molecule has 1 amide bonds. The summed E-state index contributed by atoms with van der Waals surface area (Å²) in [5.74, 6) is -0.611. The van der Waals surface area contributed by atoms with Crippen molar-refractivity contribution in [2.75, 3.05) is 6.61 Å². The normalized spacial score (nSPS) is 10.3. The van der Waals surface area contributed by atoms with E-state index in [0.29, 0.717) is 12.3 Å². The third-order valence-corrected chi connectivity index (χ3v) is 4.28. The van der Waals surface area contributed by atoms with Gasteiger partial charge < -0.3 is 15.2 Å². The standard InChI is InChI=1S/C17H15Br2NO4/c1-10-6-13(18)7-14(19)16(10)24-9-15(21)20-8-11-2-4-12(5-3-11)17(22)23/h2-7H,8-9H2,1H3,(H,20,21)(H,22,23). The average Bonchev–Trinajstić information content (AvgIpc) is 2.52. The molecule has 0 saturated carbocycles. The lowest BCUT2D eigenvalue weighted by molar-refractivity contribution is -0.123. The van der Waals surface area contributed by atoms with Crippen molar-refractivity contribution in [3.05, 3.63) is 62.0 Å². The number of hydrogen-bond donors (Lipinski definition) is 2. The second-order valence-electron chi connectivity index (χ2n) is 5.10. The third-order valence-electron chi connectivity index (χ3n) is 3.23. The molecule has 126 valence electrons. The lowest BCUT2D eigenvalue weighted by atomic mass is 10.1. The highest BCUT2D eigenvalue weighted by Crippen LogP contribution is 2.32. The van der Waals surface area contributed by atoms with Crippen molar-refractivity contribution < 1.29 is 19.4 Å². The van der Waals surface area contributed by atoms with Crippen LogP contribution in [0.3, 0.4) is 0 Å². The van der Waals surface area contributed by atoms with E-state index in [1.807, 2.05) is 19.1 Å². The van der Waals surface area contributed by atoms with Gasteiger partial charge in [-0.1, -0.05) is 28.1 Å². The Morgan fingerprint density at radius 3 is 2.42 bits per heavy atom. The zero-order valence-electron chi connectivity index (χ0n) is 12.8. The molecule has 2 N–H and O–H groups in total. The molecule has 0 aliphatic carbocycles. The number of amides is 1. The summed E-state index contributed by atoms with van der Waals surface area (Å²) in [5.41, 5.74) is 1.94. The van der Waals surface area contributed by atoms with Gasteiger partial charge in [-0.2, -0.15) is 0 Å². The van der Waals surface area contributed by atoms with Gasteiger partial charge in [-0.25, -0.2) is 4.79 Å². The number of carboxylic acids is 1. The van der Waals surface area contributed by atoms with Crippen LogP contribution < -0.4 is 10.1 Å². The van der Waals surface area contributed by atoms with E-state index in [-0.39, 0.29) is 18.1 Å². The molecule has 2 aromatic carbocycles. The molecule has 2 rings (SSSR count). The van der Waals surface area contributed by atoms with E-state index in [1.165, 1.54) is 12.1 Å². The molecule has 7 heteroatoms. The first-order valence-electron chi connectivity index (χ1n) is 7.04. The van der Waals surface area contributed by atoms with Crippen molar-refractivity contribution in [2.45, 2.75) is 13.5 Å². The minimum absolute atomic E-state index is 0.103. The van der Waals surface area contributed by atoms with E-state index in [9.17, 15) is 9.59 Å². The lowest BCUT2D eigenvalue weighted by Gasteiger charge is -2.12. The van der Waals surface area contributed by atoms with E-state index >= 15 is 0 Å². The van der Waals surface area contributed by atoms with Crippen molar-refractivity contribution in [3.8, 4) is 5.75 Å². The molecule has 2 aromatic rings.